The Morgan fingerprint density at radius 3 is 2.23 bits per heavy atom. The number of nitrogens with one attached hydrogen (secondary N) is 1. The van der Waals surface area contributed by atoms with Gasteiger partial charge in [0.25, 0.3) is 0 Å². The zero-order valence-corrected chi connectivity index (χ0v) is 22.8. The number of amides is 3. The molecule has 35 heavy (non-hydrogen) atoms. The number of aliphatic hydroxyl groups excluding tert-OH is 3. The molecule has 0 aliphatic carbocycles. The zero-order chi connectivity index (χ0) is 26.9. The van der Waals surface area contributed by atoms with Crippen LogP contribution in [-0.4, -0.2) is 97.8 Å². The Labute approximate surface area is 212 Å². The van der Waals surface area contributed by atoms with Crippen molar-refractivity contribution in [1.82, 2.24) is 10.2 Å². The van der Waals surface area contributed by atoms with E-state index in [1.165, 1.54) is 0 Å². The molecule has 2 aliphatic rings. The van der Waals surface area contributed by atoms with Crippen molar-refractivity contribution in [3.8, 4) is 0 Å². The van der Waals surface area contributed by atoms with Gasteiger partial charge in [0, 0.05) is 17.7 Å². The van der Waals surface area contributed by atoms with Gasteiger partial charge in [0.15, 0.2) is 6.29 Å². The molecule has 0 aromatic carbocycles. The van der Waals surface area contributed by atoms with Gasteiger partial charge in [0.05, 0.1) is 18.0 Å². The van der Waals surface area contributed by atoms with E-state index >= 15 is 0 Å². The number of rotatable bonds is 8. The molecule has 0 spiro atoms. The van der Waals surface area contributed by atoms with E-state index in [0.717, 1.165) is 16.7 Å². The van der Waals surface area contributed by atoms with E-state index in [9.17, 15) is 29.7 Å². The van der Waals surface area contributed by atoms with E-state index in [-0.39, 0.29) is 36.0 Å². The average molecular weight is 519 g/mol. The van der Waals surface area contributed by atoms with Gasteiger partial charge in [-0.1, -0.05) is 34.6 Å². The van der Waals surface area contributed by atoms with Crippen molar-refractivity contribution >= 4 is 29.5 Å². The number of carbonyl (C=O) groups excluding carboxylic acids is 3. The molecule has 2 saturated heterocycles. The molecule has 0 radical (unpaired) electrons. The lowest BCUT2D eigenvalue weighted by Crippen LogP contribution is -2.59. The largest absolute Gasteiger partial charge is 0.388 e. The summed E-state index contributed by atoms with van der Waals surface area (Å²) in [6.07, 6.45) is -6.44. The Balaban J connectivity index is 2.07. The smallest absolute Gasteiger partial charge is 0.243 e. The Morgan fingerprint density at radius 1 is 1.11 bits per heavy atom. The standard InChI is InChI=1S/C24H42N2O8S/c1-12(2)16(20(31)25-24(6,7)8)26-15(27)9-14(21(26)32)35-10-13-17(28)18(29)19(30)22(34-13)33-11-23(3,4)5/h12-14,16-19,22,28-30H,9-11H2,1-8H3,(H,25,31)/t13?,14?,16-,17?,18?,19?,22?/m0/s1. The van der Waals surface area contributed by atoms with E-state index in [0.29, 0.717) is 0 Å². The molecule has 11 heteroatoms. The van der Waals surface area contributed by atoms with Crippen LogP contribution >= 0.6 is 11.8 Å². The van der Waals surface area contributed by atoms with Crippen LogP contribution in [-0.2, 0) is 23.9 Å². The Bertz CT molecular complexity index is 778. The third-order valence-corrected chi connectivity index (χ3v) is 6.92. The fourth-order valence-electron chi connectivity index (χ4n) is 3.94. The topological polar surface area (TPSA) is 146 Å². The number of carbonyl (C=O) groups is 3. The molecule has 6 unspecified atom stereocenters. The first kappa shape index (κ1) is 30.0. The lowest BCUT2D eigenvalue weighted by atomic mass is 9.97. The van der Waals surface area contributed by atoms with Gasteiger partial charge in [-0.2, -0.15) is 0 Å². The summed E-state index contributed by atoms with van der Waals surface area (Å²) < 4.78 is 11.4. The number of thioether (sulfide) groups is 1. The van der Waals surface area contributed by atoms with Crippen LogP contribution in [0.3, 0.4) is 0 Å². The third kappa shape index (κ3) is 7.87. The van der Waals surface area contributed by atoms with Gasteiger partial charge in [-0.15, -0.1) is 11.8 Å². The van der Waals surface area contributed by atoms with Gasteiger partial charge in [0.2, 0.25) is 17.7 Å². The molecule has 4 N–H and O–H groups in total. The van der Waals surface area contributed by atoms with Gasteiger partial charge in [-0.05, 0) is 32.1 Å². The van der Waals surface area contributed by atoms with Gasteiger partial charge < -0.3 is 30.1 Å². The molecule has 2 heterocycles. The van der Waals surface area contributed by atoms with Gasteiger partial charge >= 0.3 is 0 Å². The van der Waals surface area contributed by atoms with E-state index in [1.807, 2.05) is 41.5 Å². The third-order valence-electron chi connectivity index (χ3n) is 5.63. The summed E-state index contributed by atoms with van der Waals surface area (Å²) in [5.74, 6) is -1.48. The maximum atomic E-state index is 13.2. The molecule has 2 aliphatic heterocycles. The van der Waals surface area contributed by atoms with Crippen LogP contribution in [0, 0.1) is 11.3 Å². The van der Waals surface area contributed by atoms with Crippen molar-refractivity contribution in [2.45, 2.75) is 109 Å². The highest BCUT2D eigenvalue weighted by Crippen LogP contribution is 2.32. The molecule has 202 valence electrons. The minimum absolute atomic E-state index is 0.0759. The molecule has 0 saturated carbocycles. The molecule has 0 aromatic heterocycles. The normalized spacial score (nSPS) is 31.3. The molecule has 7 atom stereocenters. The fraction of sp³-hybridized carbons (Fsp3) is 0.875. The fourth-order valence-corrected chi connectivity index (χ4v) is 5.16. The van der Waals surface area contributed by atoms with Crippen molar-refractivity contribution < 1.29 is 39.2 Å². The summed E-state index contributed by atoms with van der Waals surface area (Å²) >= 11 is 1.12. The highest BCUT2D eigenvalue weighted by molar-refractivity contribution is 8.00. The molecule has 0 bridgehead atoms. The number of aliphatic hydroxyl groups is 3. The van der Waals surface area contributed by atoms with E-state index in [4.69, 9.17) is 9.47 Å². The second-order valence-electron chi connectivity index (χ2n) is 11.9. The predicted octanol–water partition coefficient (Wildman–Crippen LogP) is 0.657. The van der Waals surface area contributed by atoms with Gasteiger partial charge in [0.1, 0.15) is 24.4 Å². The summed E-state index contributed by atoms with van der Waals surface area (Å²) in [6, 6.07) is -0.927. The zero-order valence-electron chi connectivity index (χ0n) is 22.0. The monoisotopic (exact) mass is 518 g/mol. The SMILES string of the molecule is CC(C)[C@@H](C(=O)NC(C)(C)C)N1C(=O)CC(SCC2OC(OCC(C)(C)C)C(O)C(O)C2O)C1=O. The van der Waals surface area contributed by atoms with Crippen LogP contribution in [0.15, 0.2) is 0 Å². The van der Waals surface area contributed by atoms with Gasteiger partial charge in [-0.3, -0.25) is 19.3 Å². The quantitative estimate of drug-likeness (QED) is 0.340. The molecule has 2 rings (SSSR count). The first-order valence-corrected chi connectivity index (χ1v) is 13.1. The van der Waals surface area contributed by atoms with Crippen molar-refractivity contribution in [2.75, 3.05) is 12.4 Å². The summed E-state index contributed by atoms with van der Waals surface area (Å²) in [5, 5.41) is 33.1. The molecular weight excluding hydrogens is 476 g/mol. The van der Waals surface area contributed by atoms with Crippen molar-refractivity contribution in [3.63, 3.8) is 0 Å². The van der Waals surface area contributed by atoms with E-state index < -0.39 is 59.4 Å². The van der Waals surface area contributed by atoms with Crippen LogP contribution in [0.25, 0.3) is 0 Å². The second-order valence-corrected chi connectivity index (χ2v) is 13.2. The number of hydrogen-bond donors (Lipinski definition) is 4. The first-order chi connectivity index (χ1) is 15.9. The summed E-state index contributed by atoms with van der Waals surface area (Å²) in [6.45, 7) is 15.1. The van der Waals surface area contributed by atoms with Crippen molar-refractivity contribution in [1.29, 1.82) is 0 Å². The van der Waals surface area contributed by atoms with Gasteiger partial charge in [-0.25, -0.2) is 0 Å². The molecule has 0 aromatic rings. The Hall–Kier alpha value is -1.24. The Kier molecular flexibility index (Phi) is 9.80. The van der Waals surface area contributed by atoms with Crippen molar-refractivity contribution in [3.05, 3.63) is 0 Å². The highest BCUT2D eigenvalue weighted by atomic mass is 32.2. The summed E-state index contributed by atoms with van der Waals surface area (Å²) in [5.41, 5.74) is -0.726. The number of imide groups is 1. The molecule has 2 fully saturated rings. The van der Waals surface area contributed by atoms with Crippen LogP contribution in [0.2, 0.25) is 0 Å². The maximum Gasteiger partial charge on any atom is 0.243 e. The van der Waals surface area contributed by atoms with E-state index in [2.05, 4.69) is 5.32 Å². The van der Waals surface area contributed by atoms with Crippen LogP contribution < -0.4 is 5.32 Å². The lowest BCUT2D eigenvalue weighted by molar-refractivity contribution is -0.296. The molecular formula is C24H42N2O8S. The number of ether oxygens (including phenoxy) is 2. The number of likely N-dealkylation sites (tertiary alicyclic amines) is 1. The Morgan fingerprint density at radius 2 is 1.71 bits per heavy atom. The van der Waals surface area contributed by atoms with E-state index in [1.54, 1.807) is 13.8 Å². The summed E-state index contributed by atoms with van der Waals surface area (Å²) in [7, 11) is 0. The molecule has 3 amide bonds. The number of nitrogens with zero attached hydrogens (tertiary/aromatic N) is 1. The molecule has 10 nitrogen and oxygen atoms in total. The second kappa shape index (κ2) is 11.4. The minimum atomic E-state index is -1.48. The first-order valence-electron chi connectivity index (χ1n) is 12.0. The average Bonchev–Trinajstić information content (AvgIpc) is 2.96. The predicted molar refractivity (Wildman–Crippen MR) is 131 cm³/mol. The number of hydrogen-bond acceptors (Lipinski definition) is 9. The van der Waals surface area contributed by atoms with Crippen LogP contribution in [0.4, 0.5) is 0 Å². The summed E-state index contributed by atoms with van der Waals surface area (Å²) in [4.78, 5) is 39.9. The highest BCUT2D eigenvalue weighted by Gasteiger charge is 2.48. The minimum Gasteiger partial charge on any atom is -0.388 e. The van der Waals surface area contributed by atoms with Crippen LogP contribution in [0.5, 0.6) is 0 Å². The maximum absolute atomic E-state index is 13.2. The van der Waals surface area contributed by atoms with Crippen LogP contribution in [0.1, 0.15) is 61.8 Å². The lowest BCUT2D eigenvalue weighted by Gasteiger charge is -2.41. The van der Waals surface area contributed by atoms with Crippen molar-refractivity contribution in [2.24, 2.45) is 11.3 Å².